The van der Waals surface area contributed by atoms with Crippen molar-refractivity contribution >= 4 is 28.8 Å². The van der Waals surface area contributed by atoms with Crippen LogP contribution in [0.1, 0.15) is 48.6 Å². The Balaban J connectivity index is 1.61. The van der Waals surface area contributed by atoms with Crippen LogP contribution in [0.3, 0.4) is 0 Å². The van der Waals surface area contributed by atoms with E-state index in [0.29, 0.717) is 28.4 Å². The molecule has 1 N–H and O–H groups in total. The van der Waals surface area contributed by atoms with Gasteiger partial charge in [0.25, 0.3) is 0 Å². The number of hydrogen-bond acceptors (Lipinski definition) is 8. The fraction of sp³-hybridized carbons (Fsp3) is 0.345. The van der Waals surface area contributed by atoms with Gasteiger partial charge in [-0.1, -0.05) is 37.5 Å². The normalized spacial score (nSPS) is 14.3. The topological polar surface area (TPSA) is 111 Å². The SMILES string of the molecule is COc1cccc([C@H](C(=O)NC2CCCCC2)N(C(=O)Cc2cccs2)c2ccc(-n3cnnn3)c(OC)c2)c1. The van der Waals surface area contributed by atoms with Crippen molar-refractivity contribution < 1.29 is 19.1 Å². The smallest absolute Gasteiger partial charge is 0.248 e. The maximum Gasteiger partial charge on any atom is 0.248 e. The molecule has 2 amide bonds. The highest BCUT2D eigenvalue weighted by molar-refractivity contribution is 7.10. The van der Waals surface area contributed by atoms with Gasteiger partial charge in [0.05, 0.1) is 20.6 Å². The van der Waals surface area contributed by atoms with E-state index in [-0.39, 0.29) is 24.3 Å². The minimum atomic E-state index is -0.937. The Morgan fingerprint density at radius 3 is 2.62 bits per heavy atom. The molecule has 4 aromatic rings. The van der Waals surface area contributed by atoms with E-state index >= 15 is 0 Å². The molecule has 1 aliphatic carbocycles. The summed E-state index contributed by atoms with van der Waals surface area (Å²) in [5.41, 5.74) is 1.77. The molecule has 0 radical (unpaired) electrons. The van der Waals surface area contributed by atoms with Crippen molar-refractivity contribution in [1.82, 2.24) is 25.5 Å². The number of carbonyl (C=O) groups is 2. The van der Waals surface area contributed by atoms with E-state index in [1.807, 2.05) is 41.8 Å². The maximum atomic E-state index is 14.1. The highest BCUT2D eigenvalue weighted by atomic mass is 32.1. The van der Waals surface area contributed by atoms with Gasteiger partial charge in [0.2, 0.25) is 11.8 Å². The number of aromatic nitrogens is 4. The van der Waals surface area contributed by atoms with Crippen molar-refractivity contribution in [3.05, 3.63) is 76.7 Å². The lowest BCUT2D eigenvalue weighted by molar-refractivity contribution is -0.127. The molecule has 0 unspecified atom stereocenters. The molecular formula is C29H32N6O4S. The van der Waals surface area contributed by atoms with E-state index in [2.05, 4.69) is 20.8 Å². The summed E-state index contributed by atoms with van der Waals surface area (Å²) in [4.78, 5) is 30.7. The molecule has 1 saturated carbocycles. The minimum absolute atomic E-state index is 0.0698. The number of methoxy groups -OCH3 is 2. The van der Waals surface area contributed by atoms with Gasteiger partial charge in [-0.05, 0) is 64.5 Å². The van der Waals surface area contributed by atoms with Gasteiger partial charge in [-0.3, -0.25) is 14.5 Å². The van der Waals surface area contributed by atoms with Crippen LogP contribution in [0, 0.1) is 0 Å². The molecule has 2 aromatic heterocycles. The van der Waals surface area contributed by atoms with Gasteiger partial charge in [-0.2, -0.15) is 4.68 Å². The highest BCUT2D eigenvalue weighted by Gasteiger charge is 2.35. The molecule has 2 aromatic carbocycles. The molecule has 0 bridgehead atoms. The third kappa shape index (κ3) is 6.15. The van der Waals surface area contributed by atoms with Crippen molar-refractivity contribution in [3.63, 3.8) is 0 Å². The van der Waals surface area contributed by atoms with Crippen LogP contribution in [0.25, 0.3) is 5.69 Å². The van der Waals surface area contributed by atoms with Crippen LogP contribution in [-0.4, -0.2) is 52.3 Å². The second-order valence-corrected chi connectivity index (χ2v) is 10.7. The Hall–Kier alpha value is -4.25. The maximum absolute atomic E-state index is 14.1. The number of benzene rings is 2. The van der Waals surface area contributed by atoms with E-state index in [9.17, 15) is 9.59 Å². The number of anilines is 1. The number of amides is 2. The number of rotatable bonds is 10. The van der Waals surface area contributed by atoms with Gasteiger partial charge < -0.3 is 14.8 Å². The summed E-state index contributed by atoms with van der Waals surface area (Å²) in [5.74, 6) is 0.607. The average molecular weight is 561 g/mol. The molecule has 1 atom stereocenters. The molecule has 1 fully saturated rings. The molecule has 0 spiro atoms. The van der Waals surface area contributed by atoms with Gasteiger partial charge in [-0.25, -0.2) is 0 Å². The van der Waals surface area contributed by atoms with Crippen LogP contribution in [0.15, 0.2) is 66.3 Å². The second kappa shape index (κ2) is 12.7. The third-order valence-electron chi connectivity index (χ3n) is 7.08. The monoisotopic (exact) mass is 560 g/mol. The number of ether oxygens (including phenoxy) is 2. The summed E-state index contributed by atoms with van der Waals surface area (Å²) >= 11 is 1.50. The Labute approximate surface area is 236 Å². The van der Waals surface area contributed by atoms with Crippen molar-refractivity contribution in [1.29, 1.82) is 0 Å². The Morgan fingerprint density at radius 1 is 1.07 bits per heavy atom. The molecule has 40 heavy (non-hydrogen) atoms. The highest BCUT2D eigenvalue weighted by Crippen LogP contribution is 2.35. The van der Waals surface area contributed by atoms with Crippen molar-refractivity contribution in [2.24, 2.45) is 0 Å². The van der Waals surface area contributed by atoms with Crippen LogP contribution in [-0.2, 0) is 16.0 Å². The lowest BCUT2D eigenvalue weighted by atomic mass is 9.94. The lowest BCUT2D eigenvalue weighted by Gasteiger charge is -2.34. The lowest BCUT2D eigenvalue weighted by Crippen LogP contribution is -2.47. The molecule has 0 aliphatic heterocycles. The molecule has 208 valence electrons. The predicted molar refractivity (Wildman–Crippen MR) is 152 cm³/mol. The summed E-state index contributed by atoms with van der Waals surface area (Å²) in [5, 5.41) is 16.6. The van der Waals surface area contributed by atoms with Crippen molar-refractivity contribution in [3.8, 4) is 17.2 Å². The van der Waals surface area contributed by atoms with Crippen molar-refractivity contribution in [2.45, 2.75) is 50.6 Å². The Morgan fingerprint density at radius 2 is 1.93 bits per heavy atom. The van der Waals surface area contributed by atoms with Crippen LogP contribution >= 0.6 is 11.3 Å². The third-order valence-corrected chi connectivity index (χ3v) is 7.96. The molecule has 0 saturated heterocycles. The largest absolute Gasteiger partial charge is 0.497 e. The van der Waals surface area contributed by atoms with Gasteiger partial charge in [0.15, 0.2) is 0 Å². The second-order valence-electron chi connectivity index (χ2n) is 9.65. The first-order valence-corrected chi connectivity index (χ1v) is 14.2. The van der Waals surface area contributed by atoms with E-state index in [0.717, 1.165) is 30.6 Å². The molecule has 5 rings (SSSR count). The zero-order valence-corrected chi connectivity index (χ0v) is 23.3. The summed E-state index contributed by atoms with van der Waals surface area (Å²) in [6.07, 6.45) is 6.78. The van der Waals surface area contributed by atoms with Gasteiger partial charge in [-0.15, -0.1) is 16.4 Å². The Bertz CT molecular complexity index is 1420. The number of thiophene rings is 1. The first kappa shape index (κ1) is 27.3. The number of carbonyl (C=O) groups excluding carboxylic acids is 2. The van der Waals surface area contributed by atoms with Crippen molar-refractivity contribution in [2.75, 3.05) is 19.1 Å². The number of tetrazole rings is 1. The summed E-state index contributed by atoms with van der Waals surface area (Å²) < 4.78 is 12.6. The first-order chi connectivity index (χ1) is 19.6. The quantitative estimate of drug-likeness (QED) is 0.304. The molecule has 1 aliphatic rings. The van der Waals surface area contributed by atoms with Gasteiger partial charge in [0, 0.05) is 22.7 Å². The van der Waals surface area contributed by atoms with E-state index < -0.39 is 6.04 Å². The molecule has 10 nitrogen and oxygen atoms in total. The van der Waals surface area contributed by atoms with Gasteiger partial charge in [0.1, 0.15) is 29.6 Å². The van der Waals surface area contributed by atoms with Gasteiger partial charge >= 0.3 is 0 Å². The first-order valence-electron chi connectivity index (χ1n) is 13.3. The number of nitrogens with one attached hydrogen (secondary N) is 1. The fourth-order valence-corrected chi connectivity index (χ4v) is 5.81. The zero-order chi connectivity index (χ0) is 27.9. The predicted octanol–water partition coefficient (Wildman–Crippen LogP) is 4.51. The number of hydrogen-bond donors (Lipinski definition) is 1. The van der Waals surface area contributed by atoms with E-state index in [1.54, 1.807) is 37.3 Å². The number of nitrogens with zero attached hydrogens (tertiary/aromatic N) is 5. The fourth-order valence-electron chi connectivity index (χ4n) is 5.12. The molecular weight excluding hydrogens is 528 g/mol. The standard InChI is InChI=1S/C29H32N6O4S/c1-38-23-11-6-8-20(16-23)28(29(37)31-21-9-4-3-5-10-21)35(27(36)18-24-12-7-15-40-24)22-13-14-25(26(17-22)39-2)34-19-30-32-33-34/h6-8,11-17,19,21,28H,3-5,9-10,18H2,1-2H3,(H,31,37)/t28-/m1/s1. The van der Waals surface area contributed by atoms with Crippen LogP contribution < -0.4 is 19.7 Å². The van der Waals surface area contributed by atoms with Crippen LogP contribution in [0.4, 0.5) is 5.69 Å². The van der Waals surface area contributed by atoms with E-state index in [4.69, 9.17) is 9.47 Å². The van der Waals surface area contributed by atoms with E-state index in [1.165, 1.54) is 28.8 Å². The minimum Gasteiger partial charge on any atom is -0.497 e. The summed E-state index contributed by atoms with van der Waals surface area (Å²) in [7, 11) is 3.12. The van der Waals surface area contributed by atoms with Crippen LogP contribution in [0.2, 0.25) is 0 Å². The molecule has 2 heterocycles. The molecule has 11 heteroatoms. The summed E-state index contributed by atoms with van der Waals surface area (Å²) in [6, 6.07) is 15.6. The summed E-state index contributed by atoms with van der Waals surface area (Å²) in [6.45, 7) is 0. The zero-order valence-electron chi connectivity index (χ0n) is 22.5. The Kier molecular flexibility index (Phi) is 8.70. The van der Waals surface area contributed by atoms with Crippen LogP contribution in [0.5, 0.6) is 11.5 Å². The average Bonchev–Trinajstić information content (AvgIpc) is 3.71.